The van der Waals surface area contributed by atoms with Crippen molar-refractivity contribution in [2.24, 2.45) is 5.41 Å². The Morgan fingerprint density at radius 3 is 2.00 bits per heavy atom. The molecule has 1 aromatic carbocycles. The number of hydrogen-bond donors (Lipinski definition) is 1. The molecule has 1 N–H and O–H groups in total. The first-order valence-corrected chi connectivity index (χ1v) is 8.59. The van der Waals surface area contributed by atoms with E-state index in [1.165, 1.54) is 4.90 Å². The average molecular weight is 363 g/mol. The van der Waals surface area contributed by atoms with E-state index in [0.29, 0.717) is 0 Å². The summed E-state index contributed by atoms with van der Waals surface area (Å²) in [6.07, 6.45) is 0.0675. The molecule has 0 heterocycles. The summed E-state index contributed by atoms with van der Waals surface area (Å²) in [6.45, 7) is 10.4. The molecule has 0 aliphatic carbocycles. The second-order valence-corrected chi connectivity index (χ2v) is 8.34. The standard InChI is InChI=1S/C20H29NO5/c1-19(2,3)18(25)21(13-16(22)23)12-15-10-8-7-9-14(15)11-17(24)26-20(4,5)6/h7-10H,11-13H2,1-6H3,(H,22,23). The SMILES string of the molecule is CC(C)(C)OC(=O)Cc1ccccc1CN(CC(=O)O)C(=O)C(C)(C)C. The normalized spacial score (nSPS) is 11.8. The molecule has 1 aromatic rings. The lowest BCUT2D eigenvalue weighted by Crippen LogP contribution is -2.42. The largest absolute Gasteiger partial charge is 0.480 e. The number of ether oxygens (including phenoxy) is 1. The molecule has 0 radical (unpaired) electrons. The fraction of sp³-hybridized carbons (Fsp3) is 0.550. The van der Waals surface area contributed by atoms with E-state index >= 15 is 0 Å². The van der Waals surface area contributed by atoms with Crippen LogP contribution in [-0.2, 0) is 32.1 Å². The highest BCUT2D eigenvalue weighted by Gasteiger charge is 2.29. The van der Waals surface area contributed by atoms with Gasteiger partial charge in [-0.15, -0.1) is 0 Å². The molecule has 1 amide bonds. The summed E-state index contributed by atoms with van der Waals surface area (Å²) < 4.78 is 5.35. The molecule has 1 rings (SSSR count). The Morgan fingerprint density at radius 2 is 1.54 bits per heavy atom. The average Bonchev–Trinajstić information content (AvgIpc) is 2.44. The number of carboxylic acid groups (broad SMARTS) is 1. The van der Waals surface area contributed by atoms with Crippen molar-refractivity contribution in [3.05, 3.63) is 35.4 Å². The molecule has 6 nitrogen and oxygen atoms in total. The van der Waals surface area contributed by atoms with Gasteiger partial charge in [0, 0.05) is 12.0 Å². The van der Waals surface area contributed by atoms with Crippen molar-refractivity contribution in [3.8, 4) is 0 Å². The summed E-state index contributed by atoms with van der Waals surface area (Å²) in [5, 5.41) is 9.15. The van der Waals surface area contributed by atoms with E-state index in [0.717, 1.165) is 11.1 Å². The van der Waals surface area contributed by atoms with E-state index in [1.54, 1.807) is 65.8 Å². The first kappa shape index (κ1) is 21.7. The maximum Gasteiger partial charge on any atom is 0.323 e. The molecule has 0 fully saturated rings. The number of rotatable bonds is 6. The fourth-order valence-electron chi connectivity index (χ4n) is 2.46. The lowest BCUT2D eigenvalue weighted by Gasteiger charge is -2.29. The van der Waals surface area contributed by atoms with Gasteiger partial charge in [-0.2, -0.15) is 0 Å². The molecule has 0 aliphatic heterocycles. The van der Waals surface area contributed by atoms with Crippen molar-refractivity contribution in [3.63, 3.8) is 0 Å². The summed E-state index contributed by atoms with van der Waals surface area (Å²) in [6, 6.07) is 7.19. The van der Waals surface area contributed by atoms with Crippen LogP contribution in [0.1, 0.15) is 52.7 Å². The topological polar surface area (TPSA) is 83.9 Å². The molecule has 6 heteroatoms. The molecule has 0 unspecified atom stereocenters. The van der Waals surface area contributed by atoms with E-state index in [-0.39, 0.29) is 24.8 Å². The summed E-state index contributed by atoms with van der Waals surface area (Å²) in [7, 11) is 0. The van der Waals surface area contributed by atoms with Crippen LogP contribution in [0.25, 0.3) is 0 Å². The number of amides is 1. The molecule has 0 bridgehead atoms. The molecule has 0 aliphatic rings. The highest BCUT2D eigenvalue weighted by atomic mass is 16.6. The van der Waals surface area contributed by atoms with Crippen LogP contribution < -0.4 is 0 Å². The van der Waals surface area contributed by atoms with Gasteiger partial charge in [0.1, 0.15) is 12.1 Å². The van der Waals surface area contributed by atoms with Gasteiger partial charge in [0.2, 0.25) is 5.91 Å². The highest BCUT2D eigenvalue weighted by molar-refractivity contribution is 5.85. The van der Waals surface area contributed by atoms with Crippen LogP contribution >= 0.6 is 0 Å². The van der Waals surface area contributed by atoms with Gasteiger partial charge in [-0.3, -0.25) is 14.4 Å². The van der Waals surface area contributed by atoms with Gasteiger partial charge >= 0.3 is 11.9 Å². The van der Waals surface area contributed by atoms with Crippen LogP contribution in [0.15, 0.2) is 24.3 Å². The van der Waals surface area contributed by atoms with E-state index in [1.807, 2.05) is 0 Å². The van der Waals surface area contributed by atoms with Gasteiger partial charge in [0.05, 0.1) is 6.42 Å². The van der Waals surface area contributed by atoms with E-state index < -0.39 is 23.5 Å². The van der Waals surface area contributed by atoms with E-state index in [9.17, 15) is 14.4 Å². The van der Waals surface area contributed by atoms with Crippen molar-refractivity contribution in [2.45, 2.75) is 60.1 Å². The minimum absolute atomic E-state index is 0.0675. The van der Waals surface area contributed by atoms with Gasteiger partial charge < -0.3 is 14.7 Å². The summed E-state index contributed by atoms with van der Waals surface area (Å²) in [4.78, 5) is 37.2. The van der Waals surface area contributed by atoms with Crippen molar-refractivity contribution >= 4 is 17.8 Å². The molecular weight excluding hydrogens is 334 g/mol. The first-order valence-electron chi connectivity index (χ1n) is 8.59. The molecular formula is C20H29NO5. The van der Waals surface area contributed by atoms with Crippen LogP contribution in [0.4, 0.5) is 0 Å². The maximum absolute atomic E-state index is 12.6. The number of benzene rings is 1. The lowest BCUT2D eigenvalue weighted by atomic mass is 9.94. The van der Waals surface area contributed by atoms with Gasteiger partial charge in [0.25, 0.3) is 0 Å². The molecule has 0 spiro atoms. The predicted molar refractivity (Wildman–Crippen MR) is 98.5 cm³/mol. The number of carbonyl (C=O) groups is 3. The molecule has 0 aromatic heterocycles. The quantitative estimate of drug-likeness (QED) is 0.786. The first-order chi connectivity index (χ1) is 11.8. The predicted octanol–water partition coefficient (Wildman–Crippen LogP) is 3.03. The number of carbonyl (C=O) groups excluding carboxylic acids is 2. The van der Waals surface area contributed by atoms with E-state index in [4.69, 9.17) is 9.84 Å². The van der Waals surface area contributed by atoms with Gasteiger partial charge in [-0.25, -0.2) is 0 Å². The van der Waals surface area contributed by atoms with E-state index in [2.05, 4.69) is 0 Å². The van der Waals surface area contributed by atoms with Crippen LogP contribution in [0.3, 0.4) is 0 Å². The molecule has 144 valence electrons. The Kier molecular flexibility index (Phi) is 6.95. The Balaban J connectivity index is 3.04. The zero-order valence-corrected chi connectivity index (χ0v) is 16.5. The Labute approximate surface area is 155 Å². The van der Waals surface area contributed by atoms with Gasteiger partial charge in [-0.1, -0.05) is 45.0 Å². The fourth-order valence-corrected chi connectivity index (χ4v) is 2.46. The van der Waals surface area contributed by atoms with Crippen molar-refractivity contribution in [1.82, 2.24) is 4.90 Å². The highest BCUT2D eigenvalue weighted by Crippen LogP contribution is 2.21. The second-order valence-electron chi connectivity index (χ2n) is 8.34. The molecule has 0 saturated heterocycles. The maximum atomic E-state index is 12.6. The van der Waals surface area contributed by atoms with Crippen molar-refractivity contribution < 1.29 is 24.2 Å². The second kappa shape index (κ2) is 8.34. The van der Waals surface area contributed by atoms with Crippen molar-refractivity contribution in [1.29, 1.82) is 0 Å². The molecule has 0 saturated carbocycles. The summed E-state index contributed by atoms with van der Waals surface area (Å²) in [5.41, 5.74) is 0.176. The lowest BCUT2D eigenvalue weighted by molar-refractivity contribution is -0.154. The zero-order valence-electron chi connectivity index (χ0n) is 16.5. The Morgan fingerprint density at radius 1 is 1.00 bits per heavy atom. The molecule has 0 atom stereocenters. The monoisotopic (exact) mass is 363 g/mol. The van der Waals surface area contributed by atoms with Crippen LogP contribution in [-0.4, -0.2) is 40.0 Å². The third-order valence-corrected chi connectivity index (χ3v) is 3.49. The zero-order chi connectivity index (χ0) is 20.1. The number of carboxylic acids is 1. The smallest absolute Gasteiger partial charge is 0.323 e. The minimum Gasteiger partial charge on any atom is -0.480 e. The number of esters is 1. The minimum atomic E-state index is -1.08. The summed E-state index contributed by atoms with van der Waals surface area (Å²) in [5.74, 6) is -1.70. The van der Waals surface area contributed by atoms with Crippen LogP contribution in [0, 0.1) is 5.41 Å². The number of aliphatic carboxylic acids is 1. The Bertz CT molecular complexity index is 668. The number of nitrogens with zero attached hydrogens (tertiary/aromatic N) is 1. The van der Waals surface area contributed by atoms with Crippen LogP contribution in [0.5, 0.6) is 0 Å². The summed E-state index contributed by atoms with van der Waals surface area (Å²) >= 11 is 0. The van der Waals surface area contributed by atoms with Crippen molar-refractivity contribution in [2.75, 3.05) is 6.54 Å². The third-order valence-electron chi connectivity index (χ3n) is 3.49. The van der Waals surface area contributed by atoms with Gasteiger partial charge in [0.15, 0.2) is 0 Å². The van der Waals surface area contributed by atoms with Gasteiger partial charge in [-0.05, 0) is 31.9 Å². The third kappa shape index (κ3) is 7.25. The Hall–Kier alpha value is -2.37. The van der Waals surface area contributed by atoms with Crippen LogP contribution in [0.2, 0.25) is 0 Å². The number of hydrogen-bond acceptors (Lipinski definition) is 4. The molecule has 26 heavy (non-hydrogen) atoms.